The number of allylic oxidation sites excluding steroid dienone is 1. The minimum atomic E-state index is -0.472. The highest BCUT2D eigenvalue weighted by Crippen LogP contribution is 2.19. The number of nitrogens with zero attached hydrogens (tertiary/aromatic N) is 2. The second-order valence-corrected chi connectivity index (χ2v) is 5.20. The van der Waals surface area contributed by atoms with E-state index in [1.54, 1.807) is 11.1 Å². The zero-order valence-electron chi connectivity index (χ0n) is 12.4. The first-order valence-electron chi connectivity index (χ1n) is 6.97. The van der Waals surface area contributed by atoms with Gasteiger partial charge >= 0.3 is 6.09 Å². The van der Waals surface area contributed by atoms with Gasteiger partial charge in [-0.2, -0.15) is 0 Å². The molecule has 5 heteroatoms. The third kappa shape index (κ3) is 4.08. The number of hydrogen-bond donors (Lipinski definition) is 0. The van der Waals surface area contributed by atoms with Gasteiger partial charge in [0.1, 0.15) is 12.3 Å². The summed E-state index contributed by atoms with van der Waals surface area (Å²) < 4.78 is 5.30. The molecule has 2 rings (SSSR count). The second-order valence-electron chi connectivity index (χ2n) is 5.20. The van der Waals surface area contributed by atoms with E-state index in [0.717, 1.165) is 5.56 Å². The van der Waals surface area contributed by atoms with Crippen molar-refractivity contribution in [1.82, 2.24) is 9.80 Å². The summed E-state index contributed by atoms with van der Waals surface area (Å²) in [7, 11) is 3.64. The normalized spacial score (nSPS) is 17.0. The second kappa shape index (κ2) is 6.92. The van der Waals surface area contributed by atoms with Crippen molar-refractivity contribution in [3.63, 3.8) is 0 Å². The van der Waals surface area contributed by atoms with Gasteiger partial charge in [0.2, 0.25) is 0 Å². The van der Waals surface area contributed by atoms with Gasteiger partial charge < -0.3 is 9.64 Å². The molecule has 112 valence electrons. The van der Waals surface area contributed by atoms with E-state index >= 15 is 0 Å². The number of amides is 1. The van der Waals surface area contributed by atoms with Crippen LogP contribution >= 0.6 is 0 Å². The summed E-state index contributed by atoms with van der Waals surface area (Å²) in [6.45, 7) is 0.721. The highest BCUT2D eigenvalue weighted by atomic mass is 16.6. The molecule has 5 nitrogen and oxygen atoms in total. The SMILES string of the molecule is CN(C)C=C1C(=O)CCCN1C(=O)OCc1ccccc1. The van der Waals surface area contributed by atoms with E-state index in [4.69, 9.17) is 4.74 Å². The van der Waals surface area contributed by atoms with Crippen LogP contribution in [0.15, 0.2) is 42.2 Å². The van der Waals surface area contributed by atoms with Gasteiger partial charge in [-0.25, -0.2) is 4.79 Å². The number of piperidine rings is 1. The standard InChI is InChI=1S/C16H20N2O3/c1-17(2)11-14-15(19)9-6-10-18(14)16(20)21-12-13-7-4-3-5-8-13/h3-5,7-8,11H,6,9-10,12H2,1-2H3. The number of benzene rings is 1. The van der Waals surface area contributed by atoms with Crippen molar-refractivity contribution in [3.8, 4) is 0 Å². The monoisotopic (exact) mass is 288 g/mol. The summed E-state index contributed by atoms with van der Waals surface area (Å²) >= 11 is 0. The Morgan fingerprint density at radius 1 is 1.33 bits per heavy atom. The van der Waals surface area contributed by atoms with Crippen LogP contribution in [-0.2, 0) is 16.1 Å². The fourth-order valence-electron chi connectivity index (χ4n) is 2.17. The lowest BCUT2D eigenvalue weighted by atomic mass is 10.1. The molecule has 1 fully saturated rings. The molecular weight excluding hydrogens is 268 g/mol. The van der Waals surface area contributed by atoms with Crippen molar-refractivity contribution in [3.05, 3.63) is 47.8 Å². The average molecular weight is 288 g/mol. The zero-order valence-corrected chi connectivity index (χ0v) is 12.4. The molecule has 0 saturated carbocycles. The van der Waals surface area contributed by atoms with Crippen LogP contribution in [0.1, 0.15) is 18.4 Å². The summed E-state index contributed by atoms with van der Waals surface area (Å²) in [5.74, 6) is -0.0217. The Balaban J connectivity index is 2.04. The molecule has 1 aliphatic rings. The first kappa shape index (κ1) is 15.1. The molecule has 1 aromatic rings. The largest absolute Gasteiger partial charge is 0.444 e. The van der Waals surface area contributed by atoms with E-state index in [1.165, 1.54) is 4.90 Å². The van der Waals surface area contributed by atoms with Crippen LogP contribution < -0.4 is 0 Å². The van der Waals surface area contributed by atoms with E-state index in [2.05, 4.69) is 0 Å². The number of rotatable bonds is 3. The number of carbonyl (C=O) groups excluding carboxylic acids is 2. The smallest absolute Gasteiger partial charge is 0.414 e. The molecule has 0 N–H and O–H groups in total. The summed E-state index contributed by atoms with van der Waals surface area (Å²) in [5.41, 5.74) is 1.33. The number of ketones is 1. The van der Waals surface area contributed by atoms with Crippen molar-refractivity contribution in [2.24, 2.45) is 0 Å². The summed E-state index contributed by atoms with van der Waals surface area (Å²) in [4.78, 5) is 27.4. The predicted molar refractivity (Wildman–Crippen MR) is 79.3 cm³/mol. The van der Waals surface area contributed by atoms with Crippen molar-refractivity contribution in [1.29, 1.82) is 0 Å². The van der Waals surface area contributed by atoms with Crippen molar-refractivity contribution >= 4 is 11.9 Å². The van der Waals surface area contributed by atoms with Gasteiger partial charge in [-0.05, 0) is 12.0 Å². The van der Waals surface area contributed by atoms with Gasteiger partial charge in [0, 0.05) is 33.3 Å². The third-order valence-corrected chi connectivity index (χ3v) is 3.17. The maximum atomic E-state index is 12.2. The average Bonchev–Trinajstić information content (AvgIpc) is 2.47. The van der Waals surface area contributed by atoms with Gasteiger partial charge in [-0.3, -0.25) is 9.69 Å². The molecule has 1 aliphatic heterocycles. The van der Waals surface area contributed by atoms with Crippen LogP contribution in [0, 0.1) is 0 Å². The molecule has 21 heavy (non-hydrogen) atoms. The predicted octanol–water partition coefficient (Wildman–Crippen LogP) is 2.39. The summed E-state index contributed by atoms with van der Waals surface area (Å²) in [6, 6.07) is 9.49. The van der Waals surface area contributed by atoms with Gasteiger partial charge in [-0.15, -0.1) is 0 Å². The Morgan fingerprint density at radius 3 is 2.71 bits per heavy atom. The minimum absolute atomic E-state index is 0.0217. The Morgan fingerprint density at radius 2 is 2.05 bits per heavy atom. The van der Waals surface area contributed by atoms with Gasteiger partial charge in [0.25, 0.3) is 0 Å². The lowest BCUT2D eigenvalue weighted by Crippen LogP contribution is -2.39. The first-order valence-corrected chi connectivity index (χ1v) is 6.97. The van der Waals surface area contributed by atoms with Crippen LogP contribution in [0.25, 0.3) is 0 Å². The molecule has 1 saturated heterocycles. The van der Waals surface area contributed by atoms with E-state index in [0.29, 0.717) is 25.1 Å². The Hall–Kier alpha value is -2.30. The highest BCUT2D eigenvalue weighted by molar-refractivity contribution is 5.98. The highest BCUT2D eigenvalue weighted by Gasteiger charge is 2.28. The van der Waals surface area contributed by atoms with Crippen LogP contribution in [0.5, 0.6) is 0 Å². The fraction of sp³-hybridized carbons (Fsp3) is 0.375. The molecule has 0 aliphatic carbocycles. The lowest BCUT2D eigenvalue weighted by molar-refractivity contribution is -0.118. The van der Waals surface area contributed by atoms with E-state index in [9.17, 15) is 9.59 Å². The first-order chi connectivity index (χ1) is 10.1. The maximum absolute atomic E-state index is 12.2. The number of carbonyl (C=O) groups is 2. The summed E-state index contributed by atoms with van der Waals surface area (Å²) in [5, 5.41) is 0. The molecule has 1 amide bonds. The molecule has 1 heterocycles. The lowest BCUT2D eigenvalue weighted by Gasteiger charge is -2.28. The number of Topliss-reactive ketones (excluding diaryl/α,β-unsaturated/α-hetero) is 1. The number of hydrogen-bond acceptors (Lipinski definition) is 4. The van der Waals surface area contributed by atoms with Crippen molar-refractivity contribution < 1.29 is 14.3 Å². The van der Waals surface area contributed by atoms with E-state index < -0.39 is 6.09 Å². The molecule has 0 aromatic heterocycles. The number of ether oxygens (including phenoxy) is 1. The molecule has 0 spiro atoms. The minimum Gasteiger partial charge on any atom is -0.444 e. The van der Waals surface area contributed by atoms with Gasteiger partial charge in [0.15, 0.2) is 5.78 Å². The number of likely N-dealkylation sites (tertiary alicyclic amines) is 1. The van der Waals surface area contributed by atoms with Crippen LogP contribution in [0.2, 0.25) is 0 Å². The maximum Gasteiger partial charge on any atom is 0.414 e. The fourth-order valence-corrected chi connectivity index (χ4v) is 2.17. The van der Waals surface area contributed by atoms with Gasteiger partial charge in [-0.1, -0.05) is 30.3 Å². The molecular formula is C16H20N2O3. The topological polar surface area (TPSA) is 49.9 Å². The Labute approximate surface area is 124 Å². The summed E-state index contributed by atoms with van der Waals surface area (Å²) in [6.07, 6.45) is 2.34. The van der Waals surface area contributed by atoms with Crippen LogP contribution in [0.3, 0.4) is 0 Å². The third-order valence-electron chi connectivity index (χ3n) is 3.17. The molecule has 0 radical (unpaired) electrons. The molecule has 0 bridgehead atoms. The van der Waals surface area contributed by atoms with Crippen LogP contribution in [-0.4, -0.2) is 42.3 Å². The van der Waals surface area contributed by atoms with Crippen molar-refractivity contribution in [2.45, 2.75) is 19.4 Å². The Bertz CT molecular complexity index is 538. The van der Waals surface area contributed by atoms with E-state index in [1.807, 2.05) is 44.4 Å². The van der Waals surface area contributed by atoms with Crippen LogP contribution in [0.4, 0.5) is 4.79 Å². The molecule has 0 atom stereocenters. The molecule has 1 aromatic carbocycles. The van der Waals surface area contributed by atoms with E-state index in [-0.39, 0.29) is 12.4 Å². The Kier molecular flexibility index (Phi) is 4.98. The molecule has 0 unspecified atom stereocenters. The van der Waals surface area contributed by atoms with Crippen molar-refractivity contribution in [2.75, 3.05) is 20.6 Å². The quantitative estimate of drug-likeness (QED) is 0.801. The van der Waals surface area contributed by atoms with Gasteiger partial charge in [0.05, 0.1) is 0 Å². The zero-order chi connectivity index (χ0) is 15.2.